The number of phenolic OH excluding ortho intramolecular Hbond substituents is 1. The molecule has 2 nitrogen and oxygen atoms in total. The Morgan fingerprint density at radius 2 is 2.20 bits per heavy atom. The SMILES string of the molecule is Cc1cc(CC2(N)CC2)c(F)c(O)c1Cl. The van der Waals surface area contributed by atoms with Gasteiger partial charge >= 0.3 is 0 Å². The fourth-order valence-electron chi connectivity index (χ4n) is 1.67. The van der Waals surface area contributed by atoms with E-state index in [1.165, 1.54) is 0 Å². The molecule has 0 atom stereocenters. The molecule has 1 aliphatic rings. The average Bonchev–Trinajstić information content (AvgIpc) is 2.89. The Morgan fingerprint density at radius 3 is 2.73 bits per heavy atom. The van der Waals surface area contributed by atoms with Gasteiger partial charge in [0, 0.05) is 5.54 Å². The number of aromatic hydroxyl groups is 1. The van der Waals surface area contributed by atoms with Crippen molar-refractivity contribution in [2.24, 2.45) is 5.73 Å². The highest BCUT2D eigenvalue weighted by molar-refractivity contribution is 6.32. The van der Waals surface area contributed by atoms with Crippen LogP contribution in [0.4, 0.5) is 4.39 Å². The minimum absolute atomic E-state index is 0.0816. The molecule has 2 rings (SSSR count). The van der Waals surface area contributed by atoms with Crippen LogP contribution >= 0.6 is 11.6 Å². The number of hydrogen-bond acceptors (Lipinski definition) is 2. The molecule has 0 heterocycles. The fraction of sp³-hybridized carbons (Fsp3) is 0.455. The van der Waals surface area contributed by atoms with Gasteiger partial charge in [-0.15, -0.1) is 0 Å². The summed E-state index contributed by atoms with van der Waals surface area (Å²) in [5.41, 5.74) is 6.76. The van der Waals surface area contributed by atoms with Crippen LogP contribution in [0.2, 0.25) is 5.02 Å². The van der Waals surface area contributed by atoms with Gasteiger partial charge in [0.15, 0.2) is 11.6 Å². The molecule has 1 aromatic rings. The molecular formula is C11H13ClFNO. The molecule has 15 heavy (non-hydrogen) atoms. The number of benzene rings is 1. The molecule has 1 aromatic carbocycles. The zero-order valence-corrected chi connectivity index (χ0v) is 9.24. The fourth-order valence-corrected chi connectivity index (χ4v) is 1.81. The van der Waals surface area contributed by atoms with E-state index in [1.54, 1.807) is 13.0 Å². The lowest BCUT2D eigenvalue weighted by molar-refractivity contribution is 0.426. The smallest absolute Gasteiger partial charge is 0.170 e. The Labute approximate surface area is 92.9 Å². The lowest BCUT2D eigenvalue weighted by atomic mass is 10.0. The van der Waals surface area contributed by atoms with Crippen LogP contribution in [0.1, 0.15) is 24.0 Å². The summed E-state index contributed by atoms with van der Waals surface area (Å²) in [6.07, 6.45) is 2.29. The molecule has 0 aliphatic heterocycles. The van der Waals surface area contributed by atoms with E-state index in [-0.39, 0.29) is 10.6 Å². The molecule has 0 unspecified atom stereocenters. The van der Waals surface area contributed by atoms with Crippen molar-refractivity contribution in [1.29, 1.82) is 0 Å². The van der Waals surface area contributed by atoms with Crippen LogP contribution in [0.3, 0.4) is 0 Å². The van der Waals surface area contributed by atoms with Crippen molar-refractivity contribution < 1.29 is 9.50 Å². The summed E-state index contributed by atoms with van der Waals surface area (Å²) in [5, 5.41) is 9.52. The molecule has 1 fully saturated rings. The van der Waals surface area contributed by atoms with Gasteiger partial charge in [-0.2, -0.15) is 0 Å². The van der Waals surface area contributed by atoms with E-state index in [2.05, 4.69) is 0 Å². The van der Waals surface area contributed by atoms with Crippen LogP contribution in [0.25, 0.3) is 0 Å². The Balaban J connectivity index is 2.39. The van der Waals surface area contributed by atoms with Gasteiger partial charge in [-0.25, -0.2) is 4.39 Å². The zero-order valence-electron chi connectivity index (χ0n) is 8.48. The van der Waals surface area contributed by atoms with E-state index in [9.17, 15) is 9.50 Å². The molecule has 0 saturated heterocycles. The van der Waals surface area contributed by atoms with Gasteiger partial charge in [-0.05, 0) is 37.3 Å². The van der Waals surface area contributed by atoms with Crippen molar-refractivity contribution in [3.05, 3.63) is 28.0 Å². The van der Waals surface area contributed by atoms with E-state index in [4.69, 9.17) is 17.3 Å². The maximum atomic E-state index is 13.6. The number of rotatable bonds is 2. The monoisotopic (exact) mass is 229 g/mol. The van der Waals surface area contributed by atoms with Crippen molar-refractivity contribution in [2.75, 3.05) is 0 Å². The summed E-state index contributed by atoms with van der Waals surface area (Å²) in [6, 6.07) is 1.66. The number of halogens is 2. The first-order chi connectivity index (χ1) is 6.93. The highest BCUT2D eigenvalue weighted by Gasteiger charge is 2.39. The summed E-state index contributed by atoms with van der Waals surface area (Å²) in [6.45, 7) is 1.74. The second kappa shape index (κ2) is 3.35. The molecule has 1 saturated carbocycles. The van der Waals surface area contributed by atoms with Crippen molar-refractivity contribution in [2.45, 2.75) is 31.7 Å². The standard InChI is InChI=1S/C11H13ClFNO/c1-6-4-7(5-11(14)2-3-11)9(13)10(15)8(6)12/h4,15H,2-3,5,14H2,1H3. The summed E-state index contributed by atoms with van der Waals surface area (Å²) in [4.78, 5) is 0. The molecule has 0 spiro atoms. The maximum Gasteiger partial charge on any atom is 0.170 e. The Bertz CT molecular complexity index is 416. The van der Waals surface area contributed by atoms with Crippen molar-refractivity contribution in [3.63, 3.8) is 0 Å². The van der Waals surface area contributed by atoms with Crippen molar-refractivity contribution in [3.8, 4) is 5.75 Å². The quantitative estimate of drug-likeness (QED) is 0.819. The first-order valence-corrected chi connectivity index (χ1v) is 5.26. The van der Waals surface area contributed by atoms with Gasteiger partial charge in [0.2, 0.25) is 0 Å². The normalized spacial score (nSPS) is 17.9. The predicted molar refractivity (Wildman–Crippen MR) is 57.7 cm³/mol. The molecule has 82 valence electrons. The minimum Gasteiger partial charge on any atom is -0.504 e. The van der Waals surface area contributed by atoms with Gasteiger partial charge < -0.3 is 10.8 Å². The lowest BCUT2D eigenvalue weighted by Gasteiger charge is -2.12. The Morgan fingerprint density at radius 1 is 1.60 bits per heavy atom. The summed E-state index contributed by atoms with van der Waals surface area (Å²) < 4.78 is 13.6. The Hall–Kier alpha value is -0.800. The molecule has 1 aliphatic carbocycles. The number of aryl methyl sites for hydroxylation is 1. The molecule has 0 radical (unpaired) electrons. The third kappa shape index (κ3) is 1.94. The molecule has 0 aromatic heterocycles. The van der Waals surface area contributed by atoms with Crippen LogP contribution in [-0.2, 0) is 6.42 Å². The van der Waals surface area contributed by atoms with Gasteiger partial charge in [-0.3, -0.25) is 0 Å². The van der Waals surface area contributed by atoms with E-state index < -0.39 is 11.6 Å². The maximum absolute atomic E-state index is 13.6. The summed E-state index contributed by atoms with van der Waals surface area (Å²) in [5.74, 6) is -1.10. The summed E-state index contributed by atoms with van der Waals surface area (Å²) in [7, 11) is 0. The first-order valence-electron chi connectivity index (χ1n) is 4.88. The average molecular weight is 230 g/mol. The highest BCUT2D eigenvalue weighted by Crippen LogP contribution is 2.39. The second-order valence-corrected chi connectivity index (χ2v) is 4.75. The molecule has 4 heteroatoms. The minimum atomic E-state index is -0.637. The van der Waals surface area contributed by atoms with Crippen LogP contribution in [-0.4, -0.2) is 10.6 Å². The molecular weight excluding hydrogens is 217 g/mol. The second-order valence-electron chi connectivity index (χ2n) is 4.37. The van der Waals surface area contributed by atoms with E-state index in [0.29, 0.717) is 17.5 Å². The number of nitrogens with two attached hydrogens (primary N) is 1. The first kappa shape index (κ1) is 10.7. The zero-order chi connectivity index (χ0) is 11.2. The van der Waals surface area contributed by atoms with Crippen molar-refractivity contribution in [1.82, 2.24) is 0 Å². The van der Waals surface area contributed by atoms with Gasteiger partial charge in [0.25, 0.3) is 0 Å². The lowest BCUT2D eigenvalue weighted by Crippen LogP contribution is -2.25. The third-order valence-electron chi connectivity index (χ3n) is 2.87. The number of phenols is 1. The van der Waals surface area contributed by atoms with Crippen LogP contribution < -0.4 is 5.73 Å². The molecule has 0 bridgehead atoms. The van der Waals surface area contributed by atoms with Gasteiger partial charge in [-0.1, -0.05) is 17.7 Å². The largest absolute Gasteiger partial charge is 0.504 e. The van der Waals surface area contributed by atoms with Crippen molar-refractivity contribution >= 4 is 11.6 Å². The molecule has 3 N–H and O–H groups in total. The predicted octanol–water partition coefficient (Wildman–Crippen LogP) is 2.53. The molecule has 0 amide bonds. The summed E-state index contributed by atoms with van der Waals surface area (Å²) >= 11 is 5.72. The van der Waals surface area contributed by atoms with E-state index in [0.717, 1.165) is 12.8 Å². The van der Waals surface area contributed by atoms with Gasteiger partial charge in [0.05, 0.1) is 5.02 Å². The van der Waals surface area contributed by atoms with Crippen LogP contribution in [0, 0.1) is 12.7 Å². The van der Waals surface area contributed by atoms with Crippen LogP contribution in [0.5, 0.6) is 5.75 Å². The van der Waals surface area contributed by atoms with E-state index >= 15 is 0 Å². The highest BCUT2D eigenvalue weighted by atomic mass is 35.5. The number of hydrogen-bond donors (Lipinski definition) is 2. The van der Waals surface area contributed by atoms with E-state index in [1.807, 2.05) is 0 Å². The van der Waals surface area contributed by atoms with Crippen LogP contribution in [0.15, 0.2) is 6.07 Å². The Kier molecular flexibility index (Phi) is 2.40. The topological polar surface area (TPSA) is 46.2 Å². The van der Waals surface area contributed by atoms with Gasteiger partial charge in [0.1, 0.15) is 0 Å². The third-order valence-corrected chi connectivity index (χ3v) is 3.35.